The second-order valence-corrected chi connectivity index (χ2v) is 6.02. The molecule has 146 valence electrons. The number of anilines is 2. The molecule has 10 heteroatoms. The van der Waals surface area contributed by atoms with Crippen LogP contribution in [0.4, 0.5) is 24.5 Å². The highest BCUT2D eigenvalue weighted by atomic mass is 19.4. The van der Waals surface area contributed by atoms with Gasteiger partial charge in [0.2, 0.25) is 5.82 Å². The van der Waals surface area contributed by atoms with E-state index < -0.39 is 22.9 Å². The van der Waals surface area contributed by atoms with Crippen LogP contribution in [0.5, 0.6) is 0 Å². The van der Waals surface area contributed by atoms with Crippen molar-refractivity contribution in [3.8, 4) is 11.4 Å². The van der Waals surface area contributed by atoms with E-state index in [9.17, 15) is 22.8 Å². The fourth-order valence-corrected chi connectivity index (χ4v) is 2.61. The molecule has 1 heterocycles. The van der Waals surface area contributed by atoms with Crippen molar-refractivity contribution >= 4 is 11.4 Å². The minimum absolute atomic E-state index is 0.178. The molecule has 0 aliphatic heterocycles. The summed E-state index contributed by atoms with van der Waals surface area (Å²) in [6, 6.07) is 6.36. The number of alkyl halides is 3. The Hall–Kier alpha value is -3.43. The topological polar surface area (TPSA) is 88.3 Å². The first-order chi connectivity index (χ1) is 13.2. The molecular formula is C18H15F3N4O3. The Labute approximate surface area is 156 Å². The third-order valence-electron chi connectivity index (χ3n) is 4.02. The summed E-state index contributed by atoms with van der Waals surface area (Å²) in [5.41, 5.74) is 0.477. The molecule has 0 radical (unpaired) electrons. The van der Waals surface area contributed by atoms with E-state index in [1.807, 2.05) is 0 Å². The van der Waals surface area contributed by atoms with Crippen LogP contribution >= 0.6 is 0 Å². The van der Waals surface area contributed by atoms with Crippen molar-refractivity contribution in [2.24, 2.45) is 0 Å². The largest absolute Gasteiger partial charge is 0.471 e. The van der Waals surface area contributed by atoms with Crippen LogP contribution in [0, 0.1) is 0 Å². The number of rotatable bonds is 7. The molecule has 0 aliphatic rings. The molecule has 2 aromatic carbocycles. The molecule has 0 unspecified atom stereocenters. The van der Waals surface area contributed by atoms with E-state index in [0.29, 0.717) is 17.8 Å². The first-order valence-corrected chi connectivity index (χ1v) is 8.11. The van der Waals surface area contributed by atoms with E-state index in [-0.39, 0.29) is 18.1 Å². The molecule has 0 spiro atoms. The standard InChI is InChI=1S/C18H15F3N4O3/c1-3-8-25(2)13-12(14(26)15(13)27)22-9-10-4-6-11(7-5-10)16-23-17(28-24-16)18(19,20)21/h3-7,22H,1,8-9H2,2H3. The number of hydrogen-bond donors (Lipinski definition) is 1. The zero-order valence-electron chi connectivity index (χ0n) is 14.7. The van der Waals surface area contributed by atoms with Gasteiger partial charge in [-0.05, 0) is 5.56 Å². The highest BCUT2D eigenvalue weighted by Gasteiger charge is 2.38. The molecule has 0 bridgehead atoms. The van der Waals surface area contributed by atoms with Crippen molar-refractivity contribution in [1.29, 1.82) is 0 Å². The predicted molar refractivity (Wildman–Crippen MR) is 96.9 cm³/mol. The normalized spacial score (nSPS) is 11.6. The molecule has 7 nitrogen and oxygen atoms in total. The average Bonchev–Trinajstić information content (AvgIpc) is 3.15. The molecule has 1 N–H and O–H groups in total. The Kier molecular flexibility index (Phi) is 5.04. The van der Waals surface area contributed by atoms with Gasteiger partial charge in [-0.1, -0.05) is 35.5 Å². The fourth-order valence-electron chi connectivity index (χ4n) is 2.61. The van der Waals surface area contributed by atoms with E-state index in [1.54, 1.807) is 30.2 Å². The summed E-state index contributed by atoms with van der Waals surface area (Å²) in [7, 11) is 1.68. The minimum atomic E-state index is -4.70. The Morgan fingerprint density at radius 2 is 1.89 bits per heavy atom. The van der Waals surface area contributed by atoms with Crippen LogP contribution in [0.2, 0.25) is 0 Å². The van der Waals surface area contributed by atoms with Crippen molar-refractivity contribution in [1.82, 2.24) is 10.1 Å². The van der Waals surface area contributed by atoms with Gasteiger partial charge in [-0.15, -0.1) is 6.58 Å². The molecule has 0 saturated heterocycles. The van der Waals surface area contributed by atoms with E-state index in [2.05, 4.69) is 26.6 Å². The lowest BCUT2D eigenvalue weighted by molar-refractivity contribution is -0.159. The molecule has 0 fully saturated rings. The van der Waals surface area contributed by atoms with Crippen LogP contribution in [0.15, 0.2) is 51.0 Å². The molecule has 3 aromatic rings. The summed E-state index contributed by atoms with van der Waals surface area (Å²) in [5.74, 6) is -1.59. The SMILES string of the molecule is C=CCN(C)c1c(NCc2ccc(-c3noc(C(F)(F)F)n3)cc2)c(=O)c1=O. The van der Waals surface area contributed by atoms with Crippen molar-refractivity contribution in [2.75, 3.05) is 23.8 Å². The van der Waals surface area contributed by atoms with Gasteiger partial charge in [0.15, 0.2) is 0 Å². The number of halogens is 3. The maximum absolute atomic E-state index is 12.5. The van der Waals surface area contributed by atoms with Crippen LogP contribution in [0.1, 0.15) is 11.5 Å². The van der Waals surface area contributed by atoms with E-state index in [0.717, 1.165) is 5.56 Å². The van der Waals surface area contributed by atoms with E-state index >= 15 is 0 Å². The zero-order valence-corrected chi connectivity index (χ0v) is 14.7. The number of aromatic nitrogens is 2. The molecule has 3 rings (SSSR count). The Balaban J connectivity index is 1.70. The van der Waals surface area contributed by atoms with Crippen molar-refractivity contribution in [3.05, 3.63) is 68.8 Å². The highest BCUT2D eigenvalue weighted by molar-refractivity contribution is 5.75. The van der Waals surface area contributed by atoms with Gasteiger partial charge in [0.05, 0.1) is 0 Å². The van der Waals surface area contributed by atoms with E-state index in [1.165, 1.54) is 12.1 Å². The third kappa shape index (κ3) is 3.66. The quantitative estimate of drug-likeness (QED) is 0.488. The summed E-state index contributed by atoms with van der Waals surface area (Å²) in [4.78, 5) is 28.5. The molecular weight excluding hydrogens is 377 g/mol. The second-order valence-electron chi connectivity index (χ2n) is 6.02. The highest BCUT2D eigenvalue weighted by Crippen LogP contribution is 2.29. The number of nitrogens with one attached hydrogen (secondary N) is 1. The lowest BCUT2D eigenvalue weighted by Crippen LogP contribution is -2.41. The average molecular weight is 392 g/mol. The van der Waals surface area contributed by atoms with Gasteiger partial charge >= 0.3 is 12.1 Å². The van der Waals surface area contributed by atoms with Gasteiger partial charge in [0.25, 0.3) is 10.9 Å². The molecule has 0 saturated carbocycles. The van der Waals surface area contributed by atoms with Crippen LogP contribution in [-0.2, 0) is 12.7 Å². The van der Waals surface area contributed by atoms with Gasteiger partial charge in [-0.2, -0.15) is 18.2 Å². The molecule has 0 aliphatic carbocycles. The Bertz CT molecular complexity index is 1060. The first-order valence-electron chi connectivity index (χ1n) is 8.11. The maximum Gasteiger partial charge on any atom is 0.471 e. The first kappa shape index (κ1) is 19.3. The minimum Gasteiger partial charge on any atom is -0.376 e. The van der Waals surface area contributed by atoms with Crippen LogP contribution in [0.25, 0.3) is 11.4 Å². The summed E-state index contributed by atoms with van der Waals surface area (Å²) >= 11 is 0. The van der Waals surface area contributed by atoms with E-state index in [4.69, 9.17) is 0 Å². The van der Waals surface area contributed by atoms with Crippen molar-refractivity contribution in [3.63, 3.8) is 0 Å². The maximum atomic E-state index is 12.5. The van der Waals surface area contributed by atoms with Crippen molar-refractivity contribution < 1.29 is 17.7 Å². The summed E-state index contributed by atoms with van der Waals surface area (Å²) in [5, 5.41) is 6.24. The monoisotopic (exact) mass is 392 g/mol. The van der Waals surface area contributed by atoms with Crippen LogP contribution in [0.3, 0.4) is 0 Å². The summed E-state index contributed by atoms with van der Waals surface area (Å²) < 4.78 is 41.8. The molecule has 0 amide bonds. The van der Waals surface area contributed by atoms with Gasteiger partial charge in [-0.25, -0.2) is 0 Å². The van der Waals surface area contributed by atoms with Crippen LogP contribution in [-0.4, -0.2) is 23.7 Å². The summed E-state index contributed by atoms with van der Waals surface area (Å²) in [6.45, 7) is 4.26. The fraction of sp³-hybridized carbons (Fsp3) is 0.222. The summed E-state index contributed by atoms with van der Waals surface area (Å²) in [6.07, 6.45) is -3.09. The van der Waals surface area contributed by atoms with Gasteiger partial charge in [0, 0.05) is 25.7 Å². The third-order valence-corrected chi connectivity index (χ3v) is 4.02. The van der Waals surface area contributed by atoms with Crippen molar-refractivity contribution in [2.45, 2.75) is 12.7 Å². The molecule has 0 atom stereocenters. The van der Waals surface area contributed by atoms with Gasteiger partial charge in [0.1, 0.15) is 11.4 Å². The van der Waals surface area contributed by atoms with Gasteiger partial charge in [-0.3, -0.25) is 9.59 Å². The number of likely N-dealkylation sites (N-methyl/N-ethyl adjacent to an activating group) is 1. The predicted octanol–water partition coefficient (Wildman–Crippen LogP) is 2.59. The lowest BCUT2D eigenvalue weighted by atomic mass is 10.1. The van der Waals surface area contributed by atoms with Crippen LogP contribution < -0.4 is 21.1 Å². The Morgan fingerprint density at radius 3 is 2.46 bits per heavy atom. The zero-order chi connectivity index (χ0) is 20.5. The Morgan fingerprint density at radius 1 is 1.21 bits per heavy atom. The number of benzene rings is 1. The number of nitrogens with zero attached hydrogens (tertiary/aromatic N) is 3. The lowest BCUT2D eigenvalue weighted by Gasteiger charge is -2.22. The second kappa shape index (κ2) is 7.29. The number of hydrogen-bond acceptors (Lipinski definition) is 7. The molecule has 28 heavy (non-hydrogen) atoms. The molecule has 1 aromatic heterocycles. The van der Waals surface area contributed by atoms with Gasteiger partial charge < -0.3 is 14.7 Å². The smallest absolute Gasteiger partial charge is 0.376 e.